The van der Waals surface area contributed by atoms with Crippen LogP contribution in [-0.4, -0.2) is 31.0 Å². The molecule has 1 aromatic heterocycles. The van der Waals surface area contributed by atoms with Gasteiger partial charge in [-0.3, -0.25) is 4.79 Å². The number of aromatic nitrogens is 1. The first-order valence-corrected chi connectivity index (χ1v) is 9.88. The van der Waals surface area contributed by atoms with Gasteiger partial charge in [0, 0.05) is 25.7 Å². The zero-order chi connectivity index (χ0) is 17.8. The number of amides is 1. The molecule has 1 aromatic rings. The van der Waals surface area contributed by atoms with Crippen molar-refractivity contribution in [3.8, 4) is 0 Å². The van der Waals surface area contributed by atoms with E-state index in [0.717, 1.165) is 17.8 Å². The Hall–Kier alpha value is -1.29. The molecule has 0 saturated heterocycles. The molecule has 4 aliphatic carbocycles. The number of pyridine rings is 1. The van der Waals surface area contributed by atoms with Crippen LogP contribution in [0.2, 0.25) is 5.15 Å². The Bertz CT molecular complexity index is 652. The van der Waals surface area contributed by atoms with Crippen LogP contribution in [0.5, 0.6) is 0 Å². The Morgan fingerprint density at radius 2 is 1.76 bits per heavy atom. The molecule has 1 amide bonds. The summed E-state index contributed by atoms with van der Waals surface area (Å²) in [5.74, 6) is 3.35. The normalized spacial score (nSPS) is 34.0. The van der Waals surface area contributed by atoms with Crippen LogP contribution in [0.3, 0.4) is 0 Å². The molecule has 4 bridgehead atoms. The van der Waals surface area contributed by atoms with Crippen LogP contribution < -0.4 is 10.2 Å². The van der Waals surface area contributed by atoms with Crippen LogP contribution in [0.4, 0.5) is 5.82 Å². The van der Waals surface area contributed by atoms with Crippen molar-refractivity contribution in [2.24, 2.45) is 23.2 Å². The van der Waals surface area contributed by atoms with E-state index in [4.69, 9.17) is 11.6 Å². The van der Waals surface area contributed by atoms with Crippen LogP contribution in [0.1, 0.15) is 55.8 Å². The zero-order valence-electron chi connectivity index (χ0n) is 15.4. The Morgan fingerprint density at radius 3 is 2.28 bits per heavy atom. The van der Waals surface area contributed by atoms with Crippen molar-refractivity contribution in [1.82, 2.24) is 10.3 Å². The lowest BCUT2D eigenvalue weighted by Gasteiger charge is -2.59. The van der Waals surface area contributed by atoms with Crippen LogP contribution in [-0.2, 0) is 0 Å². The maximum Gasteiger partial charge on any atom is 0.251 e. The number of rotatable bonds is 4. The molecule has 0 radical (unpaired) electrons. The van der Waals surface area contributed by atoms with E-state index in [2.05, 4.69) is 17.2 Å². The van der Waals surface area contributed by atoms with Gasteiger partial charge < -0.3 is 10.2 Å². The second-order valence-electron chi connectivity index (χ2n) is 8.91. The third kappa shape index (κ3) is 3.14. The number of nitrogens with zero attached hydrogens (tertiary/aromatic N) is 2. The molecule has 4 fully saturated rings. The fourth-order valence-electron chi connectivity index (χ4n) is 5.98. The topological polar surface area (TPSA) is 45.2 Å². The van der Waals surface area contributed by atoms with Gasteiger partial charge in [-0.05, 0) is 80.8 Å². The number of anilines is 1. The van der Waals surface area contributed by atoms with Crippen LogP contribution in [0.15, 0.2) is 12.1 Å². The van der Waals surface area contributed by atoms with Gasteiger partial charge in [-0.2, -0.15) is 0 Å². The van der Waals surface area contributed by atoms with Crippen molar-refractivity contribution < 1.29 is 4.79 Å². The van der Waals surface area contributed by atoms with Gasteiger partial charge in [-0.15, -0.1) is 0 Å². The average molecular weight is 362 g/mol. The van der Waals surface area contributed by atoms with Crippen molar-refractivity contribution in [2.45, 2.75) is 51.5 Å². The van der Waals surface area contributed by atoms with Gasteiger partial charge in [0.1, 0.15) is 11.0 Å². The second kappa shape index (κ2) is 6.15. The van der Waals surface area contributed by atoms with Crippen LogP contribution >= 0.6 is 11.6 Å². The Balaban J connectivity index is 1.51. The van der Waals surface area contributed by atoms with E-state index in [1.54, 1.807) is 6.07 Å². The summed E-state index contributed by atoms with van der Waals surface area (Å²) in [7, 11) is 3.80. The number of nitrogens with one attached hydrogen (secondary N) is 1. The summed E-state index contributed by atoms with van der Waals surface area (Å²) < 4.78 is 0. The molecule has 5 heteroatoms. The quantitative estimate of drug-likeness (QED) is 0.820. The number of hydrogen-bond acceptors (Lipinski definition) is 3. The van der Waals surface area contributed by atoms with Crippen LogP contribution in [0, 0.1) is 23.2 Å². The molecule has 136 valence electrons. The van der Waals surface area contributed by atoms with Gasteiger partial charge in [-0.1, -0.05) is 11.6 Å². The van der Waals surface area contributed by atoms with E-state index in [1.807, 2.05) is 25.1 Å². The van der Waals surface area contributed by atoms with Gasteiger partial charge in [0.15, 0.2) is 0 Å². The smallest absolute Gasteiger partial charge is 0.251 e. The minimum Gasteiger partial charge on any atom is -0.363 e. The molecule has 0 aromatic carbocycles. The van der Waals surface area contributed by atoms with Gasteiger partial charge in [-0.25, -0.2) is 4.98 Å². The molecule has 0 aliphatic heterocycles. The highest BCUT2D eigenvalue weighted by Gasteiger charge is 2.53. The molecule has 4 saturated carbocycles. The molecule has 0 spiro atoms. The zero-order valence-corrected chi connectivity index (χ0v) is 16.1. The molecule has 1 heterocycles. The van der Waals surface area contributed by atoms with Crippen molar-refractivity contribution in [3.63, 3.8) is 0 Å². The number of hydrogen-bond donors (Lipinski definition) is 1. The van der Waals surface area contributed by atoms with Crippen molar-refractivity contribution >= 4 is 23.3 Å². The minimum absolute atomic E-state index is 0.0318. The minimum atomic E-state index is -0.0318. The standard InChI is InChI=1S/C20H28ClN3O/c1-12(20-9-13-4-14(10-20)6-15(5-13)11-20)22-19(25)16-7-17(21)23-18(8-16)24(2)3/h7-8,12-15H,4-6,9-11H2,1-3H3,(H,22,25). The van der Waals surface area contributed by atoms with Gasteiger partial charge in [0.2, 0.25) is 0 Å². The number of halogens is 1. The van der Waals surface area contributed by atoms with E-state index >= 15 is 0 Å². The third-order valence-corrected chi connectivity index (χ3v) is 7.05. The monoisotopic (exact) mass is 361 g/mol. The second-order valence-corrected chi connectivity index (χ2v) is 9.29. The van der Waals surface area contributed by atoms with E-state index in [-0.39, 0.29) is 11.9 Å². The first-order valence-electron chi connectivity index (χ1n) is 9.50. The Labute approximate surface area is 155 Å². The van der Waals surface area contributed by atoms with Crippen molar-refractivity contribution in [2.75, 3.05) is 19.0 Å². The predicted molar refractivity (Wildman–Crippen MR) is 101 cm³/mol. The van der Waals surface area contributed by atoms with Crippen molar-refractivity contribution in [1.29, 1.82) is 0 Å². The van der Waals surface area contributed by atoms with E-state index < -0.39 is 0 Å². The summed E-state index contributed by atoms with van der Waals surface area (Å²) in [6.07, 6.45) is 8.14. The predicted octanol–water partition coefficient (Wildman–Crippen LogP) is 4.14. The SMILES string of the molecule is CC(NC(=O)c1cc(Cl)nc(N(C)C)c1)C12CC3CC(CC(C3)C1)C2. The van der Waals surface area contributed by atoms with E-state index in [0.29, 0.717) is 21.9 Å². The van der Waals surface area contributed by atoms with Crippen molar-refractivity contribution in [3.05, 3.63) is 22.8 Å². The molecule has 1 unspecified atom stereocenters. The van der Waals surface area contributed by atoms with Gasteiger partial charge in [0.25, 0.3) is 5.91 Å². The molecule has 4 nitrogen and oxygen atoms in total. The number of carbonyl (C=O) groups excluding carboxylic acids is 1. The van der Waals surface area contributed by atoms with Crippen LogP contribution in [0.25, 0.3) is 0 Å². The molecular weight excluding hydrogens is 334 g/mol. The first kappa shape index (κ1) is 17.1. The molecule has 5 rings (SSSR count). The molecule has 1 N–H and O–H groups in total. The molecule has 25 heavy (non-hydrogen) atoms. The maximum absolute atomic E-state index is 12.9. The fourth-order valence-corrected chi connectivity index (χ4v) is 6.19. The lowest BCUT2D eigenvalue weighted by atomic mass is 9.48. The lowest BCUT2D eigenvalue weighted by molar-refractivity contribution is -0.0688. The summed E-state index contributed by atoms with van der Waals surface area (Å²) in [5, 5.41) is 3.66. The summed E-state index contributed by atoms with van der Waals surface area (Å²) in [6, 6.07) is 3.69. The highest BCUT2D eigenvalue weighted by molar-refractivity contribution is 6.29. The summed E-state index contributed by atoms with van der Waals surface area (Å²) >= 11 is 6.11. The Morgan fingerprint density at radius 1 is 1.20 bits per heavy atom. The maximum atomic E-state index is 12.9. The Kier molecular flexibility index (Phi) is 4.22. The highest BCUT2D eigenvalue weighted by Crippen LogP contribution is 2.61. The lowest BCUT2D eigenvalue weighted by Crippen LogP contribution is -2.55. The number of carbonyl (C=O) groups is 1. The molecular formula is C20H28ClN3O. The molecule has 4 aliphatic rings. The molecule has 1 atom stereocenters. The van der Waals surface area contributed by atoms with E-state index in [9.17, 15) is 4.79 Å². The first-order chi connectivity index (χ1) is 11.8. The van der Waals surface area contributed by atoms with Gasteiger partial charge >= 0.3 is 0 Å². The highest BCUT2D eigenvalue weighted by atomic mass is 35.5. The third-order valence-electron chi connectivity index (χ3n) is 6.85. The fraction of sp³-hybridized carbons (Fsp3) is 0.700. The summed E-state index contributed by atoms with van der Waals surface area (Å²) in [4.78, 5) is 19.0. The van der Waals surface area contributed by atoms with E-state index in [1.165, 1.54) is 38.5 Å². The summed E-state index contributed by atoms with van der Waals surface area (Å²) in [5.41, 5.74) is 0.909. The average Bonchev–Trinajstić information content (AvgIpc) is 2.52. The largest absolute Gasteiger partial charge is 0.363 e. The summed E-state index contributed by atoms with van der Waals surface area (Å²) in [6.45, 7) is 2.21. The van der Waals surface area contributed by atoms with Gasteiger partial charge in [0.05, 0.1) is 0 Å².